The van der Waals surface area contributed by atoms with Crippen LogP contribution in [0.15, 0.2) is 29.1 Å². The Morgan fingerprint density at radius 2 is 2.38 bits per heavy atom. The number of amides is 1. The van der Waals surface area contributed by atoms with Crippen LogP contribution in [0.2, 0.25) is 0 Å². The summed E-state index contributed by atoms with van der Waals surface area (Å²) >= 11 is 1.45. The van der Waals surface area contributed by atoms with Crippen LogP contribution < -0.4 is 5.32 Å². The first kappa shape index (κ1) is 10.7. The zero-order valence-corrected chi connectivity index (χ0v) is 9.00. The van der Waals surface area contributed by atoms with Gasteiger partial charge in [-0.05, 0) is 12.1 Å². The van der Waals surface area contributed by atoms with Crippen molar-refractivity contribution >= 4 is 17.2 Å². The van der Waals surface area contributed by atoms with E-state index in [4.69, 9.17) is 0 Å². The summed E-state index contributed by atoms with van der Waals surface area (Å²) in [7, 11) is 0. The maximum absolute atomic E-state index is 12.7. The van der Waals surface area contributed by atoms with Gasteiger partial charge in [-0.3, -0.25) is 4.79 Å². The van der Waals surface area contributed by atoms with Crippen molar-refractivity contribution in [2.75, 3.05) is 0 Å². The van der Waals surface area contributed by atoms with Gasteiger partial charge in [-0.2, -0.15) is 4.39 Å². The molecule has 4 nitrogen and oxygen atoms in total. The maximum atomic E-state index is 12.7. The Bertz CT molecular complexity index is 487. The number of halogens is 1. The number of hydrogen-bond acceptors (Lipinski definition) is 4. The van der Waals surface area contributed by atoms with Gasteiger partial charge in [0.25, 0.3) is 5.91 Å². The topological polar surface area (TPSA) is 54.9 Å². The molecule has 2 aromatic rings. The van der Waals surface area contributed by atoms with Crippen molar-refractivity contribution in [1.29, 1.82) is 0 Å². The zero-order valence-electron chi connectivity index (χ0n) is 8.18. The van der Waals surface area contributed by atoms with E-state index >= 15 is 0 Å². The van der Waals surface area contributed by atoms with Gasteiger partial charge >= 0.3 is 0 Å². The highest BCUT2D eigenvalue weighted by Crippen LogP contribution is 2.01. The fourth-order valence-corrected chi connectivity index (χ4v) is 1.68. The number of nitrogens with zero attached hydrogens (tertiary/aromatic N) is 2. The molecule has 2 heterocycles. The lowest BCUT2D eigenvalue weighted by Crippen LogP contribution is -2.24. The molecule has 0 saturated carbocycles. The summed E-state index contributed by atoms with van der Waals surface area (Å²) < 4.78 is 12.7. The van der Waals surface area contributed by atoms with E-state index in [1.165, 1.54) is 29.5 Å². The molecule has 6 heteroatoms. The molecule has 1 N–H and O–H groups in total. The molecule has 0 aliphatic rings. The van der Waals surface area contributed by atoms with Crippen molar-refractivity contribution in [3.63, 3.8) is 0 Å². The Morgan fingerprint density at radius 1 is 1.50 bits per heavy atom. The minimum atomic E-state index is -0.665. The summed E-state index contributed by atoms with van der Waals surface area (Å²) in [6.45, 7) is 0.320. The van der Waals surface area contributed by atoms with E-state index in [2.05, 4.69) is 15.3 Å². The number of nitrogens with one attached hydrogen (secondary N) is 1. The molecule has 0 fully saturated rings. The minimum absolute atomic E-state index is 0.0650. The smallest absolute Gasteiger partial charge is 0.270 e. The number of carbonyl (C=O) groups excluding carboxylic acids is 1. The molecule has 0 aromatic carbocycles. The van der Waals surface area contributed by atoms with E-state index in [0.717, 1.165) is 5.69 Å². The number of carbonyl (C=O) groups is 1. The second-order valence-corrected chi connectivity index (χ2v) is 3.73. The van der Waals surface area contributed by atoms with Gasteiger partial charge in [-0.25, -0.2) is 9.97 Å². The maximum Gasteiger partial charge on any atom is 0.270 e. The van der Waals surface area contributed by atoms with Crippen molar-refractivity contribution in [3.05, 3.63) is 46.4 Å². The highest BCUT2D eigenvalue weighted by Gasteiger charge is 2.07. The van der Waals surface area contributed by atoms with E-state index in [1.54, 1.807) is 5.51 Å². The lowest BCUT2D eigenvalue weighted by Gasteiger charge is -2.02. The Labute approximate surface area is 95.2 Å². The Balaban J connectivity index is 1.98. The van der Waals surface area contributed by atoms with Gasteiger partial charge in [0.2, 0.25) is 5.95 Å². The molecule has 0 unspecified atom stereocenters. The van der Waals surface area contributed by atoms with Gasteiger partial charge in [-0.15, -0.1) is 11.3 Å². The van der Waals surface area contributed by atoms with Gasteiger partial charge < -0.3 is 5.32 Å². The number of aromatic nitrogens is 2. The predicted octanol–water partition coefficient (Wildman–Crippen LogP) is 1.61. The molecule has 0 aliphatic heterocycles. The van der Waals surface area contributed by atoms with Crippen LogP contribution in [-0.2, 0) is 6.54 Å². The normalized spacial score (nSPS) is 10.1. The third kappa shape index (κ3) is 2.60. The highest BCUT2D eigenvalue weighted by atomic mass is 32.1. The molecule has 0 saturated heterocycles. The van der Waals surface area contributed by atoms with Gasteiger partial charge in [0.05, 0.1) is 17.7 Å². The summed E-state index contributed by atoms with van der Waals surface area (Å²) in [5.74, 6) is -1.08. The monoisotopic (exact) mass is 237 g/mol. The van der Waals surface area contributed by atoms with Crippen molar-refractivity contribution in [2.24, 2.45) is 0 Å². The van der Waals surface area contributed by atoms with Gasteiger partial charge in [0.15, 0.2) is 0 Å². The molecule has 82 valence electrons. The summed E-state index contributed by atoms with van der Waals surface area (Å²) in [4.78, 5) is 19.0. The second-order valence-electron chi connectivity index (χ2n) is 3.01. The van der Waals surface area contributed by atoms with Gasteiger partial charge in [-0.1, -0.05) is 6.07 Å². The number of hydrogen-bond donors (Lipinski definition) is 1. The Kier molecular flexibility index (Phi) is 3.21. The standard InChI is InChI=1S/C10H8FN3OS/c11-9-3-1-2-8(14-9)10(15)12-4-7-5-16-6-13-7/h1-3,5-6H,4H2,(H,12,15). The highest BCUT2D eigenvalue weighted by molar-refractivity contribution is 7.07. The van der Waals surface area contributed by atoms with E-state index in [1.807, 2.05) is 5.38 Å². The lowest BCUT2D eigenvalue weighted by molar-refractivity contribution is 0.0944. The summed E-state index contributed by atoms with van der Waals surface area (Å²) in [6, 6.07) is 4.09. The van der Waals surface area contributed by atoms with Crippen LogP contribution in [0.1, 0.15) is 16.2 Å². The molecule has 0 aliphatic carbocycles. The van der Waals surface area contributed by atoms with Crippen LogP contribution in [0, 0.1) is 5.95 Å². The Hall–Kier alpha value is -1.82. The Morgan fingerprint density at radius 3 is 3.06 bits per heavy atom. The van der Waals surface area contributed by atoms with Crippen molar-refractivity contribution in [2.45, 2.75) is 6.54 Å². The molecule has 1 amide bonds. The summed E-state index contributed by atoms with van der Waals surface area (Å²) in [5, 5.41) is 4.44. The third-order valence-corrected chi connectivity index (χ3v) is 2.50. The molecule has 16 heavy (non-hydrogen) atoms. The molecule has 0 atom stereocenters. The first-order valence-corrected chi connectivity index (χ1v) is 5.48. The summed E-state index contributed by atoms with van der Waals surface area (Å²) in [5.41, 5.74) is 2.52. The minimum Gasteiger partial charge on any atom is -0.345 e. The van der Waals surface area contributed by atoms with Gasteiger partial charge in [0, 0.05) is 5.38 Å². The fourth-order valence-electron chi connectivity index (χ4n) is 1.12. The SMILES string of the molecule is O=C(NCc1cscn1)c1cccc(F)n1. The van der Waals surface area contributed by atoms with Gasteiger partial charge in [0.1, 0.15) is 5.69 Å². The van der Waals surface area contributed by atoms with Crippen LogP contribution in [0.25, 0.3) is 0 Å². The quantitative estimate of drug-likeness (QED) is 0.825. The van der Waals surface area contributed by atoms with Crippen LogP contribution in [0.5, 0.6) is 0 Å². The fraction of sp³-hybridized carbons (Fsp3) is 0.100. The lowest BCUT2D eigenvalue weighted by atomic mass is 10.3. The molecular formula is C10H8FN3OS. The molecule has 0 spiro atoms. The molecule has 0 bridgehead atoms. The largest absolute Gasteiger partial charge is 0.345 e. The van der Waals surface area contributed by atoms with Crippen molar-refractivity contribution in [3.8, 4) is 0 Å². The number of rotatable bonds is 3. The second kappa shape index (κ2) is 4.80. The van der Waals surface area contributed by atoms with E-state index in [9.17, 15) is 9.18 Å². The first-order chi connectivity index (χ1) is 7.75. The molecule has 2 rings (SSSR count). The van der Waals surface area contributed by atoms with Crippen molar-refractivity contribution in [1.82, 2.24) is 15.3 Å². The van der Waals surface area contributed by atoms with Crippen LogP contribution in [0.3, 0.4) is 0 Å². The van der Waals surface area contributed by atoms with E-state index in [-0.39, 0.29) is 5.69 Å². The van der Waals surface area contributed by atoms with Crippen molar-refractivity contribution < 1.29 is 9.18 Å². The third-order valence-electron chi connectivity index (χ3n) is 1.86. The zero-order chi connectivity index (χ0) is 11.4. The number of thiazole rings is 1. The average molecular weight is 237 g/mol. The van der Waals surface area contributed by atoms with Crippen LogP contribution >= 0.6 is 11.3 Å². The van der Waals surface area contributed by atoms with E-state index < -0.39 is 11.9 Å². The summed E-state index contributed by atoms with van der Waals surface area (Å²) in [6.07, 6.45) is 0. The molecule has 0 radical (unpaired) electrons. The molecular weight excluding hydrogens is 229 g/mol. The van der Waals surface area contributed by atoms with Crippen LogP contribution in [0.4, 0.5) is 4.39 Å². The first-order valence-electron chi connectivity index (χ1n) is 4.53. The molecule has 2 aromatic heterocycles. The van der Waals surface area contributed by atoms with Crippen LogP contribution in [-0.4, -0.2) is 15.9 Å². The number of pyridine rings is 1. The average Bonchev–Trinajstić information content (AvgIpc) is 2.78. The predicted molar refractivity (Wildman–Crippen MR) is 57.5 cm³/mol. The van der Waals surface area contributed by atoms with E-state index in [0.29, 0.717) is 6.54 Å².